The standard InChI is InChI=1S/C18H14F2N4O/c19-14-7-6-13(10-15(14)20)23-18-21-9-8-16(24-18)17(25)22-11-12-4-2-1-3-5-12/h1-10H,11H2,(H,22,25)(H,21,23,24). The summed E-state index contributed by atoms with van der Waals surface area (Å²) in [7, 11) is 0. The molecule has 0 radical (unpaired) electrons. The van der Waals surface area contributed by atoms with E-state index in [-0.39, 0.29) is 23.2 Å². The predicted molar refractivity (Wildman–Crippen MR) is 89.3 cm³/mol. The van der Waals surface area contributed by atoms with E-state index < -0.39 is 11.6 Å². The third-order valence-corrected chi connectivity index (χ3v) is 3.36. The molecule has 25 heavy (non-hydrogen) atoms. The van der Waals surface area contributed by atoms with E-state index in [0.717, 1.165) is 17.7 Å². The third-order valence-electron chi connectivity index (χ3n) is 3.36. The molecule has 7 heteroatoms. The summed E-state index contributed by atoms with van der Waals surface area (Å²) < 4.78 is 26.2. The van der Waals surface area contributed by atoms with Crippen LogP contribution in [0, 0.1) is 11.6 Å². The van der Waals surface area contributed by atoms with Gasteiger partial charge in [-0.1, -0.05) is 30.3 Å². The summed E-state index contributed by atoms with van der Waals surface area (Å²) in [6.07, 6.45) is 1.41. The van der Waals surface area contributed by atoms with Gasteiger partial charge < -0.3 is 10.6 Å². The molecular formula is C18H14F2N4O. The number of hydrogen-bond acceptors (Lipinski definition) is 4. The molecule has 1 heterocycles. The molecule has 2 N–H and O–H groups in total. The second-order valence-electron chi connectivity index (χ2n) is 5.19. The van der Waals surface area contributed by atoms with Gasteiger partial charge in [0.15, 0.2) is 11.6 Å². The van der Waals surface area contributed by atoms with Crippen molar-refractivity contribution in [3.63, 3.8) is 0 Å². The van der Waals surface area contributed by atoms with Crippen molar-refractivity contribution in [2.45, 2.75) is 6.54 Å². The molecule has 0 saturated heterocycles. The van der Waals surface area contributed by atoms with Crippen molar-refractivity contribution in [3.05, 3.63) is 83.7 Å². The number of nitrogens with zero attached hydrogens (tertiary/aromatic N) is 2. The van der Waals surface area contributed by atoms with E-state index in [9.17, 15) is 13.6 Å². The quantitative estimate of drug-likeness (QED) is 0.747. The fourth-order valence-electron chi connectivity index (χ4n) is 2.12. The molecule has 3 aromatic rings. The van der Waals surface area contributed by atoms with Crippen LogP contribution >= 0.6 is 0 Å². The maximum absolute atomic E-state index is 13.2. The monoisotopic (exact) mass is 340 g/mol. The number of carbonyl (C=O) groups excluding carboxylic acids is 1. The van der Waals surface area contributed by atoms with Gasteiger partial charge in [-0.25, -0.2) is 18.7 Å². The van der Waals surface area contributed by atoms with Crippen LogP contribution in [0.5, 0.6) is 0 Å². The minimum absolute atomic E-state index is 0.110. The number of hydrogen-bond donors (Lipinski definition) is 2. The molecule has 0 spiro atoms. The summed E-state index contributed by atoms with van der Waals surface area (Å²) in [5, 5.41) is 5.49. The summed E-state index contributed by atoms with van der Waals surface area (Å²) in [5.41, 5.74) is 1.40. The second-order valence-corrected chi connectivity index (χ2v) is 5.19. The smallest absolute Gasteiger partial charge is 0.270 e. The molecule has 2 aromatic carbocycles. The molecule has 0 bridgehead atoms. The molecule has 5 nitrogen and oxygen atoms in total. The Hall–Kier alpha value is -3.35. The molecule has 0 fully saturated rings. The van der Waals surface area contributed by atoms with Crippen molar-refractivity contribution in [2.75, 3.05) is 5.32 Å². The van der Waals surface area contributed by atoms with Gasteiger partial charge in [0.2, 0.25) is 5.95 Å². The maximum atomic E-state index is 13.2. The molecule has 1 aromatic heterocycles. The average Bonchev–Trinajstić information content (AvgIpc) is 2.64. The fourth-order valence-corrected chi connectivity index (χ4v) is 2.12. The molecule has 0 atom stereocenters. The van der Waals surface area contributed by atoms with Crippen LogP contribution in [0.4, 0.5) is 20.4 Å². The van der Waals surface area contributed by atoms with Gasteiger partial charge >= 0.3 is 0 Å². The summed E-state index contributed by atoms with van der Waals surface area (Å²) in [6.45, 7) is 0.371. The lowest BCUT2D eigenvalue weighted by molar-refractivity contribution is 0.0946. The van der Waals surface area contributed by atoms with E-state index in [1.807, 2.05) is 30.3 Å². The van der Waals surface area contributed by atoms with Gasteiger partial charge in [-0.05, 0) is 23.8 Å². The van der Waals surface area contributed by atoms with Crippen LogP contribution in [0.25, 0.3) is 0 Å². The zero-order valence-corrected chi connectivity index (χ0v) is 13.0. The van der Waals surface area contributed by atoms with Crippen molar-refractivity contribution in [1.29, 1.82) is 0 Å². The number of nitrogens with one attached hydrogen (secondary N) is 2. The highest BCUT2D eigenvalue weighted by Crippen LogP contribution is 2.16. The third kappa shape index (κ3) is 4.35. The Kier molecular flexibility index (Phi) is 4.94. The highest BCUT2D eigenvalue weighted by Gasteiger charge is 2.09. The normalized spacial score (nSPS) is 10.3. The van der Waals surface area contributed by atoms with Gasteiger partial charge in [-0.3, -0.25) is 4.79 Å². The highest BCUT2D eigenvalue weighted by atomic mass is 19.2. The van der Waals surface area contributed by atoms with Gasteiger partial charge in [0, 0.05) is 24.5 Å². The van der Waals surface area contributed by atoms with Crippen LogP contribution in [0.2, 0.25) is 0 Å². The van der Waals surface area contributed by atoms with Crippen molar-refractivity contribution < 1.29 is 13.6 Å². The van der Waals surface area contributed by atoms with E-state index in [1.54, 1.807) is 0 Å². The first-order valence-corrected chi connectivity index (χ1v) is 7.49. The zero-order valence-electron chi connectivity index (χ0n) is 13.0. The number of carbonyl (C=O) groups is 1. The molecule has 0 aliphatic carbocycles. The number of aromatic nitrogens is 2. The molecule has 0 aliphatic rings. The van der Waals surface area contributed by atoms with Crippen LogP contribution in [0.1, 0.15) is 16.1 Å². The minimum atomic E-state index is -0.984. The Bertz CT molecular complexity index is 887. The Morgan fingerprint density at radius 1 is 1.00 bits per heavy atom. The Morgan fingerprint density at radius 3 is 2.56 bits per heavy atom. The predicted octanol–water partition coefficient (Wildman–Crippen LogP) is 3.43. The second kappa shape index (κ2) is 7.48. The minimum Gasteiger partial charge on any atom is -0.347 e. The maximum Gasteiger partial charge on any atom is 0.270 e. The van der Waals surface area contributed by atoms with Gasteiger partial charge in [0.25, 0.3) is 5.91 Å². The number of anilines is 2. The summed E-state index contributed by atoms with van der Waals surface area (Å²) >= 11 is 0. The van der Waals surface area contributed by atoms with Gasteiger partial charge in [-0.2, -0.15) is 0 Å². The van der Waals surface area contributed by atoms with Gasteiger partial charge in [-0.15, -0.1) is 0 Å². The fraction of sp³-hybridized carbons (Fsp3) is 0.0556. The van der Waals surface area contributed by atoms with E-state index in [2.05, 4.69) is 20.6 Å². The average molecular weight is 340 g/mol. The van der Waals surface area contributed by atoms with Gasteiger partial charge in [0.05, 0.1) is 0 Å². The van der Waals surface area contributed by atoms with Gasteiger partial charge in [0.1, 0.15) is 5.69 Å². The Morgan fingerprint density at radius 2 is 1.80 bits per heavy atom. The lowest BCUT2D eigenvalue weighted by Gasteiger charge is -2.08. The lowest BCUT2D eigenvalue weighted by atomic mass is 10.2. The molecular weight excluding hydrogens is 326 g/mol. The summed E-state index contributed by atoms with van der Waals surface area (Å²) in [5.74, 6) is -2.18. The molecule has 0 unspecified atom stereocenters. The highest BCUT2D eigenvalue weighted by molar-refractivity contribution is 5.92. The summed E-state index contributed by atoms with van der Waals surface area (Å²) in [4.78, 5) is 20.2. The van der Waals surface area contributed by atoms with Crippen molar-refractivity contribution >= 4 is 17.5 Å². The Balaban J connectivity index is 1.68. The zero-order chi connectivity index (χ0) is 17.6. The number of rotatable bonds is 5. The molecule has 0 aliphatic heterocycles. The number of halogens is 2. The number of benzene rings is 2. The first-order valence-electron chi connectivity index (χ1n) is 7.49. The molecule has 126 valence electrons. The molecule has 1 amide bonds. The summed E-state index contributed by atoms with van der Waals surface area (Å²) in [6, 6.07) is 14.3. The van der Waals surface area contributed by atoms with E-state index >= 15 is 0 Å². The first kappa shape index (κ1) is 16.5. The van der Waals surface area contributed by atoms with Crippen LogP contribution in [-0.4, -0.2) is 15.9 Å². The van der Waals surface area contributed by atoms with Crippen LogP contribution in [0.3, 0.4) is 0 Å². The van der Waals surface area contributed by atoms with E-state index in [0.29, 0.717) is 6.54 Å². The molecule has 3 rings (SSSR count). The van der Waals surface area contributed by atoms with Crippen LogP contribution in [0.15, 0.2) is 60.8 Å². The van der Waals surface area contributed by atoms with E-state index in [1.165, 1.54) is 18.3 Å². The van der Waals surface area contributed by atoms with Crippen molar-refractivity contribution in [1.82, 2.24) is 15.3 Å². The SMILES string of the molecule is O=C(NCc1ccccc1)c1ccnc(Nc2ccc(F)c(F)c2)n1. The van der Waals surface area contributed by atoms with Crippen LogP contribution < -0.4 is 10.6 Å². The molecule has 0 saturated carbocycles. The van der Waals surface area contributed by atoms with Crippen LogP contribution in [-0.2, 0) is 6.54 Å². The van der Waals surface area contributed by atoms with E-state index in [4.69, 9.17) is 0 Å². The first-order chi connectivity index (χ1) is 12.1. The topological polar surface area (TPSA) is 66.9 Å². The van der Waals surface area contributed by atoms with Crippen molar-refractivity contribution in [3.8, 4) is 0 Å². The number of amides is 1. The largest absolute Gasteiger partial charge is 0.347 e. The van der Waals surface area contributed by atoms with Crippen molar-refractivity contribution in [2.24, 2.45) is 0 Å². The lowest BCUT2D eigenvalue weighted by Crippen LogP contribution is -2.24. The Labute approximate surface area is 142 Å².